The van der Waals surface area contributed by atoms with Crippen LogP contribution in [0, 0.1) is 5.92 Å². The van der Waals surface area contributed by atoms with Crippen LogP contribution in [0.1, 0.15) is 32.1 Å². The molecule has 2 heterocycles. The van der Waals surface area contributed by atoms with E-state index in [9.17, 15) is 28.3 Å². The zero-order valence-corrected chi connectivity index (χ0v) is 19.2. The first-order chi connectivity index (χ1) is 16.6. The molecule has 0 saturated carbocycles. The Morgan fingerprint density at radius 3 is 2.60 bits per heavy atom. The predicted octanol–water partition coefficient (Wildman–Crippen LogP) is 2.52. The molecule has 0 unspecified atom stereocenters. The van der Waals surface area contributed by atoms with Gasteiger partial charge < -0.3 is 19.3 Å². The van der Waals surface area contributed by atoms with E-state index in [1.54, 1.807) is 0 Å². The predicted molar refractivity (Wildman–Crippen MR) is 119 cm³/mol. The van der Waals surface area contributed by atoms with E-state index < -0.39 is 48.7 Å². The maximum Gasteiger partial charge on any atom is 0.412 e. The average Bonchev–Trinajstić information content (AvgIpc) is 3.04. The molecule has 1 fully saturated rings. The molecule has 35 heavy (non-hydrogen) atoms. The van der Waals surface area contributed by atoms with Crippen LogP contribution in [0.2, 0.25) is 0 Å². The second kappa shape index (κ2) is 11.4. The second-order valence-electron chi connectivity index (χ2n) is 8.43. The van der Waals surface area contributed by atoms with Gasteiger partial charge >= 0.3 is 23.7 Å². The molecule has 3 rings (SSSR count). The van der Waals surface area contributed by atoms with Crippen molar-refractivity contribution in [2.75, 3.05) is 18.5 Å². The van der Waals surface area contributed by atoms with E-state index in [2.05, 4.69) is 10.3 Å². The molecule has 0 spiro atoms. The van der Waals surface area contributed by atoms with Crippen molar-refractivity contribution in [2.24, 2.45) is 5.92 Å². The standard InChI is InChI=1S/C23H27F2N3O7/c1-14(2)12-34-22(32)27-17-10-11-28(21(31)26-17)20-23(24,25)19(30)16(35-20)13-33-18(29)9-8-15-6-4-3-5-7-15/h3-7,10-11,14,16,19-20,30H,8-9,12-13H2,1-2H3,(H,26,27,31,32)/t16-,19-,20-/m1/s1. The van der Waals surface area contributed by atoms with Crippen molar-refractivity contribution in [3.05, 3.63) is 58.6 Å². The first-order valence-corrected chi connectivity index (χ1v) is 11.0. The summed E-state index contributed by atoms with van der Waals surface area (Å²) in [6.45, 7) is 3.19. The summed E-state index contributed by atoms with van der Waals surface area (Å²) >= 11 is 0. The SMILES string of the molecule is CC(C)COC(=O)Nc1ccn([C@@H]2O[C@H](COC(=O)CCc3ccccc3)[C@@H](O)C2(F)F)c(=O)n1. The highest BCUT2D eigenvalue weighted by atomic mass is 19.3. The van der Waals surface area contributed by atoms with E-state index in [-0.39, 0.29) is 24.8 Å². The van der Waals surface area contributed by atoms with Crippen molar-refractivity contribution >= 4 is 17.9 Å². The number of nitrogens with one attached hydrogen (secondary N) is 1. The minimum atomic E-state index is -3.88. The van der Waals surface area contributed by atoms with Crippen LogP contribution in [-0.2, 0) is 25.4 Å². The van der Waals surface area contributed by atoms with Gasteiger partial charge in [-0.05, 0) is 24.0 Å². The number of alkyl halides is 2. The smallest absolute Gasteiger partial charge is 0.412 e. The number of aliphatic hydroxyl groups is 1. The molecule has 1 saturated heterocycles. The minimum Gasteiger partial charge on any atom is -0.463 e. The number of hydrogen-bond donors (Lipinski definition) is 2. The molecule has 0 radical (unpaired) electrons. The number of anilines is 1. The third-order valence-corrected chi connectivity index (χ3v) is 5.11. The Morgan fingerprint density at radius 1 is 1.23 bits per heavy atom. The van der Waals surface area contributed by atoms with E-state index in [1.165, 1.54) is 0 Å². The number of carbonyl (C=O) groups excluding carboxylic acids is 2. The van der Waals surface area contributed by atoms with E-state index in [1.807, 2.05) is 44.2 Å². The normalized spacial score (nSPS) is 21.0. The Labute approximate surface area is 199 Å². The summed E-state index contributed by atoms with van der Waals surface area (Å²) in [4.78, 5) is 39.6. The third kappa shape index (κ3) is 6.83. The zero-order valence-electron chi connectivity index (χ0n) is 19.2. The average molecular weight is 495 g/mol. The van der Waals surface area contributed by atoms with Gasteiger partial charge in [-0.2, -0.15) is 13.8 Å². The number of aryl methyl sites for hydroxylation is 1. The summed E-state index contributed by atoms with van der Waals surface area (Å²) in [5.74, 6) is -4.63. The molecule has 1 aliphatic heterocycles. The van der Waals surface area contributed by atoms with Gasteiger partial charge in [-0.3, -0.25) is 14.7 Å². The Balaban J connectivity index is 1.59. The molecule has 3 atom stereocenters. The van der Waals surface area contributed by atoms with Crippen LogP contribution in [0.5, 0.6) is 0 Å². The number of benzene rings is 1. The summed E-state index contributed by atoms with van der Waals surface area (Å²) < 4.78 is 45.0. The van der Waals surface area contributed by atoms with Crippen LogP contribution >= 0.6 is 0 Å². The highest BCUT2D eigenvalue weighted by molar-refractivity contribution is 5.83. The summed E-state index contributed by atoms with van der Waals surface area (Å²) in [5.41, 5.74) is -0.241. The molecule has 190 valence electrons. The van der Waals surface area contributed by atoms with E-state index >= 15 is 0 Å². The fraction of sp³-hybridized carbons (Fsp3) is 0.478. The number of aromatic nitrogens is 2. The zero-order chi connectivity index (χ0) is 25.6. The first kappa shape index (κ1) is 26.2. The number of rotatable bonds is 9. The van der Waals surface area contributed by atoms with Crippen LogP contribution in [0.3, 0.4) is 0 Å². The molecule has 1 aromatic carbocycles. The topological polar surface area (TPSA) is 129 Å². The summed E-state index contributed by atoms with van der Waals surface area (Å²) in [7, 11) is 0. The molecule has 10 nitrogen and oxygen atoms in total. The molecule has 12 heteroatoms. The van der Waals surface area contributed by atoms with Crippen molar-refractivity contribution in [1.29, 1.82) is 0 Å². The lowest BCUT2D eigenvalue weighted by Crippen LogP contribution is -2.42. The number of amides is 1. The van der Waals surface area contributed by atoms with Crippen LogP contribution in [0.4, 0.5) is 19.4 Å². The fourth-order valence-electron chi connectivity index (χ4n) is 3.29. The van der Waals surface area contributed by atoms with Crippen LogP contribution in [0.15, 0.2) is 47.4 Å². The molecule has 0 aliphatic carbocycles. The lowest BCUT2D eigenvalue weighted by atomic mass is 10.1. The summed E-state index contributed by atoms with van der Waals surface area (Å²) in [6, 6.07) is 10.3. The van der Waals surface area contributed by atoms with Crippen molar-refractivity contribution in [3.8, 4) is 0 Å². The second-order valence-corrected chi connectivity index (χ2v) is 8.43. The molecule has 1 aliphatic rings. The van der Waals surface area contributed by atoms with Gasteiger partial charge in [0.1, 0.15) is 18.5 Å². The van der Waals surface area contributed by atoms with Crippen molar-refractivity contribution in [2.45, 2.75) is 51.0 Å². The maximum absolute atomic E-state index is 14.7. The number of aliphatic hydroxyl groups excluding tert-OH is 1. The maximum atomic E-state index is 14.7. The first-order valence-electron chi connectivity index (χ1n) is 11.0. The molecule has 0 bridgehead atoms. The Kier molecular flexibility index (Phi) is 8.52. The summed E-state index contributed by atoms with van der Waals surface area (Å²) in [6.07, 6.45) is -5.56. The van der Waals surface area contributed by atoms with Gasteiger partial charge in [0, 0.05) is 12.6 Å². The number of hydrogen-bond acceptors (Lipinski definition) is 8. The van der Waals surface area contributed by atoms with Crippen molar-refractivity contribution in [1.82, 2.24) is 9.55 Å². The van der Waals surface area contributed by atoms with Gasteiger partial charge in [0.2, 0.25) is 6.23 Å². The van der Waals surface area contributed by atoms with E-state index in [0.717, 1.165) is 17.8 Å². The molecule has 2 N–H and O–H groups in total. The molecular formula is C23H27F2N3O7. The highest BCUT2D eigenvalue weighted by Gasteiger charge is 2.60. The Hall–Kier alpha value is -3.38. The minimum absolute atomic E-state index is 0.0179. The number of carbonyl (C=O) groups is 2. The Bertz CT molecular complexity index is 1080. The van der Waals surface area contributed by atoms with Crippen LogP contribution < -0.4 is 11.0 Å². The largest absolute Gasteiger partial charge is 0.463 e. The van der Waals surface area contributed by atoms with E-state index in [0.29, 0.717) is 11.0 Å². The van der Waals surface area contributed by atoms with Gasteiger partial charge in [0.15, 0.2) is 6.10 Å². The third-order valence-electron chi connectivity index (χ3n) is 5.11. The molecule has 1 aromatic heterocycles. The number of esters is 1. The quantitative estimate of drug-likeness (QED) is 0.508. The number of nitrogens with zero attached hydrogens (tertiary/aromatic N) is 2. The lowest BCUT2D eigenvalue weighted by Gasteiger charge is -2.21. The molecule has 2 aromatic rings. The fourth-order valence-corrected chi connectivity index (χ4v) is 3.29. The number of ether oxygens (including phenoxy) is 3. The van der Waals surface area contributed by atoms with Gasteiger partial charge in [-0.25, -0.2) is 9.59 Å². The lowest BCUT2D eigenvalue weighted by molar-refractivity contribution is -0.150. The van der Waals surface area contributed by atoms with Crippen LogP contribution in [0.25, 0.3) is 0 Å². The van der Waals surface area contributed by atoms with Crippen LogP contribution in [-0.4, -0.2) is 58.1 Å². The Morgan fingerprint density at radius 2 is 1.94 bits per heavy atom. The molecule has 1 amide bonds. The monoisotopic (exact) mass is 495 g/mol. The molecular weight excluding hydrogens is 468 g/mol. The van der Waals surface area contributed by atoms with E-state index in [4.69, 9.17) is 14.2 Å². The summed E-state index contributed by atoms with van der Waals surface area (Å²) in [5, 5.41) is 12.3. The number of halogens is 2. The van der Waals surface area contributed by atoms with Gasteiger partial charge in [0.25, 0.3) is 0 Å². The van der Waals surface area contributed by atoms with Gasteiger partial charge in [-0.15, -0.1) is 0 Å². The van der Waals surface area contributed by atoms with Gasteiger partial charge in [0.05, 0.1) is 6.61 Å². The highest BCUT2D eigenvalue weighted by Crippen LogP contribution is 2.42. The van der Waals surface area contributed by atoms with Crippen molar-refractivity contribution in [3.63, 3.8) is 0 Å². The van der Waals surface area contributed by atoms with Gasteiger partial charge in [-0.1, -0.05) is 44.2 Å². The van der Waals surface area contributed by atoms with Crippen molar-refractivity contribution < 1.29 is 37.7 Å².